The van der Waals surface area contributed by atoms with Crippen LogP contribution in [0.25, 0.3) is 6.08 Å². The fraction of sp³-hybridized carbons (Fsp3) is 0.208. The summed E-state index contributed by atoms with van der Waals surface area (Å²) in [6, 6.07) is 11.3. The van der Waals surface area contributed by atoms with Crippen LogP contribution in [0.5, 0.6) is 17.2 Å². The number of Topliss-reactive ketones (excluding diaryl/α,β-unsaturated/α-hetero) is 1. The molecule has 6 nitrogen and oxygen atoms in total. The number of methoxy groups -OCH3 is 1. The monoisotopic (exact) mass is 481 g/mol. The van der Waals surface area contributed by atoms with E-state index in [1.807, 2.05) is 43.3 Å². The Morgan fingerprint density at radius 2 is 2.13 bits per heavy atom. The van der Waals surface area contributed by atoms with Gasteiger partial charge >= 0.3 is 0 Å². The zero-order valence-electron chi connectivity index (χ0n) is 17.1. The maximum Gasteiger partial charge on any atom is 0.232 e. The summed E-state index contributed by atoms with van der Waals surface area (Å²) in [5.74, 6) is 2.97. The molecule has 0 aliphatic carbocycles. The number of hydrogen-bond donors (Lipinski definition) is 0. The number of aryl methyl sites for hydroxylation is 1. The SMILES string of the molecule is COc1ccc(Br)cc1/C=C1\Oc2c3c(cc(C)c2C1=O)OCN(Cc1ccco1)C3. The van der Waals surface area contributed by atoms with E-state index in [4.69, 9.17) is 18.6 Å². The first-order valence-corrected chi connectivity index (χ1v) is 10.6. The lowest BCUT2D eigenvalue weighted by Crippen LogP contribution is -2.31. The number of carbonyl (C=O) groups is 1. The molecule has 7 heteroatoms. The lowest BCUT2D eigenvalue weighted by Gasteiger charge is -2.29. The van der Waals surface area contributed by atoms with Gasteiger partial charge in [0.15, 0.2) is 5.76 Å². The summed E-state index contributed by atoms with van der Waals surface area (Å²) in [5, 5.41) is 0. The van der Waals surface area contributed by atoms with E-state index >= 15 is 0 Å². The molecule has 0 amide bonds. The summed E-state index contributed by atoms with van der Waals surface area (Å²) in [4.78, 5) is 15.3. The second-order valence-electron chi connectivity index (χ2n) is 7.54. The first-order chi connectivity index (χ1) is 15.0. The number of carbonyl (C=O) groups excluding carboxylic acids is 1. The van der Waals surface area contributed by atoms with Gasteiger partial charge in [0.2, 0.25) is 5.78 Å². The third kappa shape index (κ3) is 3.64. The van der Waals surface area contributed by atoms with Gasteiger partial charge in [-0.1, -0.05) is 15.9 Å². The van der Waals surface area contributed by atoms with Crippen molar-refractivity contribution in [2.24, 2.45) is 0 Å². The number of rotatable bonds is 4. The fourth-order valence-corrected chi connectivity index (χ4v) is 4.34. The van der Waals surface area contributed by atoms with E-state index in [0.29, 0.717) is 36.9 Å². The summed E-state index contributed by atoms with van der Waals surface area (Å²) >= 11 is 3.47. The maximum atomic E-state index is 13.2. The smallest absolute Gasteiger partial charge is 0.232 e. The van der Waals surface area contributed by atoms with Crippen molar-refractivity contribution in [2.75, 3.05) is 13.8 Å². The minimum atomic E-state index is -0.138. The predicted octanol–water partition coefficient (Wildman–Crippen LogP) is 5.33. The van der Waals surface area contributed by atoms with Gasteiger partial charge in [-0.25, -0.2) is 0 Å². The van der Waals surface area contributed by atoms with Crippen molar-refractivity contribution in [3.63, 3.8) is 0 Å². The minimum absolute atomic E-state index is 0.138. The molecule has 5 rings (SSSR count). The van der Waals surface area contributed by atoms with Gasteiger partial charge in [0, 0.05) is 16.6 Å². The molecule has 2 aromatic carbocycles. The third-order valence-electron chi connectivity index (χ3n) is 5.43. The molecule has 31 heavy (non-hydrogen) atoms. The molecule has 0 saturated heterocycles. The molecule has 2 aliphatic heterocycles. The Morgan fingerprint density at radius 1 is 1.26 bits per heavy atom. The van der Waals surface area contributed by atoms with Gasteiger partial charge in [0.1, 0.15) is 29.7 Å². The molecular formula is C24H20BrNO5. The molecule has 0 radical (unpaired) electrons. The van der Waals surface area contributed by atoms with E-state index in [-0.39, 0.29) is 11.5 Å². The Balaban J connectivity index is 1.51. The summed E-state index contributed by atoms with van der Waals surface area (Å²) < 4.78 is 23.9. The topological polar surface area (TPSA) is 61.1 Å². The van der Waals surface area contributed by atoms with Crippen LogP contribution in [0.3, 0.4) is 0 Å². The number of benzene rings is 2. The minimum Gasteiger partial charge on any atom is -0.496 e. The first kappa shape index (κ1) is 19.9. The number of nitrogens with zero attached hydrogens (tertiary/aromatic N) is 1. The Bertz CT molecular complexity index is 1200. The zero-order valence-corrected chi connectivity index (χ0v) is 18.7. The maximum absolute atomic E-state index is 13.2. The third-order valence-corrected chi connectivity index (χ3v) is 5.92. The molecule has 0 spiro atoms. The quantitative estimate of drug-likeness (QED) is 0.469. The number of fused-ring (bicyclic) bond motifs is 3. The molecule has 3 aromatic rings. The van der Waals surface area contributed by atoms with Crippen LogP contribution in [-0.2, 0) is 13.1 Å². The van der Waals surface area contributed by atoms with Gasteiger partial charge in [0.25, 0.3) is 0 Å². The molecule has 0 fully saturated rings. The molecule has 2 aliphatic rings. The van der Waals surface area contributed by atoms with Crippen molar-refractivity contribution in [1.82, 2.24) is 4.90 Å². The molecule has 1 aromatic heterocycles. The van der Waals surface area contributed by atoms with Crippen LogP contribution >= 0.6 is 15.9 Å². The molecule has 0 unspecified atom stereocenters. The van der Waals surface area contributed by atoms with E-state index in [2.05, 4.69) is 20.8 Å². The first-order valence-electron chi connectivity index (χ1n) is 9.85. The summed E-state index contributed by atoms with van der Waals surface area (Å²) in [7, 11) is 1.60. The Hall–Kier alpha value is -3.03. The normalized spacial score (nSPS) is 16.6. The van der Waals surface area contributed by atoms with Crippen molar-refractivity contribution in [3.05, 3.63) is 80.9 Å². The van der Waals surface area contributed by atoms with Crippen molar-refractivity contribution in [3.8, 4) is 17.2 Å². The lowest BCUT2D eigenvalue weighted by molar-refractivity contribution is 0.0809. The van der Waals surface area contributed by atoms with Crippen LogP contribution in [0.2, 0.25) is 0 Å². The number of ketones is 1. The predicted molar refractivity (Wildman–Crippen MR) is 118 cm³/mol. The molecule has 158 valence electrons. The van der Waals surface area contributed by atoms with Crippen molar-refractivity contribution >= 4 is 27.8 Å². The Kier molecular flexibility index (Phi) is 5.08. The largest absolute Gasteiger partial charge is 0.496 e. The Labute approximate surface area is 188 Å². The van der Waals surface area contributed by atoms with E-state index in [1.54, 1.807) is 19.4 Å². The second-order valence-corrected chi connectivity index (χ2v) is 8.46. The van der Waals surface area contributed by atoms with E-state index in [1.165, 1.54) is 0 Å². The van der Waals surface area contributed by atoms with Gasteiger partial charge in [0.05, 0.1) is 31.0 Å². The zero-order chi connectivity index (χ0) is 21.5. The van der Waals surface area contributed by atoms with Gasteiger partial charge in [-0.15, -0.1) is 0 Å². The molecule has 0 N–H and O–H groups in total. The summed E-state index contributed by atoms with van der Waals surface area (Å²) in [6.45, 7) is 3.56. The molecule has 0 bridgehead atoms. The van der Waals surface area contributed by atoms with Crippen LogP contribution in [0.4, 0.5) is 0 Å². The molecular weight excluding hydrogens is 462 g/mol. The van der Waals surface area contributed by atoms with E-state index < -0.39 is 0 Å². The molecule has 3 heterocycles. The standard InChI is InChI=1S/C24H20BrNO5/c1-14-8-20-18(12-26(13-30-20)11-17-4-3-7-29-17)24-22(14)23(27)21(31-24)10-15-9-16(25)5-6-19(15)28-2/h3-10H,11-13H2,1-2H3/b21-10-. The number of allylic oxidation sites excluding steroid dienone is 1. The van der Waals surface area contributed by atoms with Gasteiger partial charge in [-0.05, 0) is 55.0 Å². The summed E-state index contributed by atoms with van der Waals surface area (Å²) in [5.41, 5.74) is 3.05. The fourth-order valence-electron chi connectivity index (χ4n) is 3.96. The highest BCUT2D eigenvalue weighted by atomic mass is 79.9. The van der Waals surface area contributed by atoms with E-state index in [9.17, 15) is 4.79 Å². The highest BCUT2D eigenvalue weighted by molar-refractivity contribution is 9.10. The summed E-state index contributed by atoms with van der Waals surface area (Å²) in [6.07, 6.45) is 3.38. The van der Waals surface area contributed by atoms with Crippen molar-refractivity contribution < 1.29 is 23.4 Å². The average molecular weight is 482 g/mol. The van der Waals surface area contributed by atoms with Crippen LogP contribution < -0.4 is 14.2 Å². The second kappa shape index (κ2) is 7.90. The van der Waals surface area contributed by atoms with Crippen molar-refractivity contribution in [1.29, 1.82) is 0 Å². The van der Waals surface area contributed by atoms with Crippen LogP contribution in [0.15, 0.2) is 57.3 Å². The number of halogens is 1. The van der Waals surface area contributed by atoms with Crippen molar-refractivity contribution in [2.45, 2.75) is 20.0 Å². The highest BCUT2D eigenvalue weighted by Crippen LogP contribution is 2.44. The Morgan fingerprint density at radius 3 is 2.90 bits per heavy atom. The van der Waals surface area contributed by atoms with Gasteiger partial charge in [-0.2, -0.15) is 0 Å². The number of ether oxygens (including phenoxy) is 3. The van der Waals surface area contributed by atoms with Gasteiger partial charge in [-0.3, -0.25) is 9.69 Å². The van der Waals surface area contributed by atoms with Crippen LogP contribution in [-0.4, -0.2) is 24.5 Å². The highest BCUT2D eigenvalue weighted by Gasteiger charge is 2.35. The lowest BCUT2D eigenvalue weighted by atomic mass is 9.98. The molecule has 0 saturated carbocycles. The number of furan rings is 1. The molecule has 0 atom stereocenters. The van der Waals surface area contributed by atoms with E-state index in [0.717, 1.165) is 32.7 Å². The van der Waals surface area contributed by atoms with Crippen LogP contribution in [0, 0.1) is 6.92 Å². The average Bonchev–Trinajstić information content (AvgIpc) is 3.37. The van der Waals surface area contributed by atoms with Crippen LogP contribution in [0.1, 0.15) is 32.8 Å². The van der Waals surface area contributed by atoms with Gasteiger partial charge < -0.3 is 18.6 Å². The number of hydrogen-bond acceptors (Lipinski definition) is 6.